The van der Waals surface area contributed by atoms with Crippen LogP contribution in [-0.2, 0) is 14.9 Å². The summed E-state index contributed by atoms with van der Waals surface area (Å²) in [6, 6.07) is 9.38. The second-order valence-corrected chi connectivity index (χ2v) is 8.92. The fourth-order valence-electron chi connectivity index (χ4n) is 4.06. The van der Waals surface area contributed by atoms with E-state index < -0.39 is 10.1 Å². The molecule has 7 heteroatoms. The molecular weight excluding hydrogens is 378 g/mol. The van der Waals surface area contributed by atoms with Gasteiger partial charge >= 0.3 is 10.1 Å². The van der Waals surface area contributed by atoms with Crippen LogP contribution in [0.5, 0.6) is 5.75 Å². The van der Waals surface area contributed by atoms with Gasteiger partial charge in [0.2, 0.25) is 5.91 Å². The molecule has 1 aliphatic carbocycles. The largest absolute Gasteiger partial charge is 0.378 e. The molecule has 2 aliphatic rings. The summed E-state index contributed by atoms with van der Waals surface area (Å²) in [4.78, 5) is 25.8. The molecule has 0 spiro atoms. The van der Waals surface area contributed by atoms with Crippen LogP contribution in [-0.4, -0.2) is 26.7 Å². The van der Waals surface area contributed by atoms with Crippen LogP contribution in [0.4, 0.5) is 5.69 Å². The van der Waals surface area contributed by atoms with Gasteiger partial charge < -0.3 is 9.08 Å². The minimum absolute atomic E-state index is 0.0179. The van der Waals surface area contributed by atoms with Crippen LogP contribution in [0.1, 0.15) is 53.6 Å². The third-order valence-corrected chi connectivity index (χ3v) is 6.65. The third-order valence-electron chi connectivity index (χ3n) is 5.40. The SMILES string of the molecule is Cc1ccc(OS(=O)(=O)c2ccc(N3CCCC3=O)cc2)c2c1C(C)CC2=O. The zero-order valence-electron chi connectivity index (χ0n) is 15.8. The van der Waals surface area contributed by atoms with E-state index in [1.54, 1.807) is 29.2 Å². The average molecular weight is 399 g/mol. The van der Waals surface area contributed by atoms with Crippen LogP contribution in [0.3, 0.4) is 0 Å². The second kappa shape index (κ2) is 6.74. The summed E-state index contributed by atoms with van der Waals surface area (Å²) < 4.78 is 30.9. The number of carbonyl (C=O) groups excluding carboxylic acids is 2. The summed E-state index contributed by atoms with van der Waals surface area (Å²) >= 11 is 0. The normalized spacial score (nSPS) is 19.2. The number of benzene rings is 2. The van der Waals surface area contributed by atoms with Crippen molar-refractivity contribution in [1.29, 1.82) is 0 Å². The molecule has 1 unspecified atom stereocenters. The number of carbonyl (C=O) groups is 2. The van der Waals surface area contributed by atoms with Gasteiger partial charge in [-0.05, 0) is 60.7 Å². The monoisotopic (exact) mass is 399 g/mol. The first-order valence-electron chi connectivity index (χ1n) is 9.29. The Kier molecular flexibility index (Phi) is 4.50. The highest BCUT2D eigenvalue weighted by Crippen LogP contribution is 2.41. The molecule has 0 aromatic heterocycles. The Morgan fingerprint density at radius 1 is 1.07 bits per heavy atom. The van der Waals surface area contributed by atoms with Gasteiger partial charge in [0, 0.05) is 25.1 Å². The van der Waals surface area contributed by atoms with Crippen LogP contribution in [0.25, 0.3) is 0 Å². The van der Waals surface area contributed by atoms with Gasteiger partial charge in [0.15, 0.2) is 11.5 Å². The Hall–Kier alpha value is -2.67. The number of fused-ring (bicyclic) bond motifs is 1. The quantitative estimate of drug-likeness (QED) is 0.734. The molecule has 1 saturated heterocycles. The first-order valence-corrected chi connectivity index (χ1v) is 10.7. The summed E-state index contributed by atoms with van der Waals surface area (Å²) in [6.45, 7) is 4.50. The van der Waals surface area contributed by atoms with Gasteiger partial charge in [-0.3, -0.25) is 9.59 Å². The molecule has 2 aromatic carbocycles. The predicted octanol–water partition coefficient (Wildman–Crippen LogP) is 3.58. The standard InChI is InChI=1S/C21H21NO5S/c1-13-5-10-18(21-17(23)12-14(2)20(13)21)27-28(25,26)16-8-6-15(7-9-16)22-11-3-4-19(22)24/h5-10,14H,3-4,11-12H2,1-2H3. The van der Waals surface area contributed by atoms with E-state index in [9.17, 15) is 18.0 Å². The van der Waals surface area contributed by atoms with Crippen molar-refractivity contribution >= 4 is 27.5 Å². The van der Waals surface area contributed by atoms with Crippen molar-refractivity contribution in [3.8, 4) is 5.75 Å². The number of anilines is 1. The molecule has 1 atom stereocenters. The fraction of sp³-hybridized carbons (Fsp3) is 0.333. The Bertz CT molecular complexity index is 1070. The lowest BCUT2D eigenvalue weighted by atomic mass is 9.98. The first-order chi connectivity index (χ1) is 13.3. The van der Waals surface area contributed by atoms with E-state index in [0.717, 1.165) is 17.5 Å². The second-order valence-electron chi connectivity index (χ2n) is 7.38. The number of hydrogen-bond donors (Lipinski definition) is 0. The fourth-order valence-corrected chi connectivity index (χ4v) is 5.00. The summed E-state index contributed by atoms with van der Waals surface area (Å²) in [5.74, 6) is 0.0637. The van der Waals surface area contributed by atoms with E-state index in [0.29, 0.717) is 30.6 Å². The molecule has 0 radical (unpaired) electrons. The lowest BCUT2D eigenvalue weighted by Crippen LogP contribution is -2.23. The molecular formula is C21H21NO5S. The summed E-state index contributed by atoms with van der Waals surface area (Å²) in [5, 5.41) is 0. The van der Waals surface area contributed by atoms with Gasteiger partial charge in [0.25, 0.3) is 0 Å². The van der Waals surface area contributed by atoms with Crippen molar-refractivity contribution in [3.63, 3.8) is 0 Å². The van der Waals surface area contributed by atoms with Gasteiger partial charge in [0.05, 0.1) is 5.56 Å². The summed E-state index contributed by atoms with van der Waals surface area (Å²) in [5.41, 5.74) is 2.86. The van der Waals surface area contributed by atoms with Crippen molar-refractivity contribution in [3.05, 3.63) is 53.1 Å². The molecule has 146 valence electrons. The van der Waals surface area contributed by atoms with Crippen LogP contribution < -0.4 is 9.08 Å². The van der Waals surface area contributed by atoms with Gasteiger partial charge in [-0.1, -0.05) is 13.0 Å². The summed E-state index contributed by atoms with van der Waals surface area (Å²) in [6.07, 6.45) is 1.66. The van der Waals surface area contributed by atoms with Crippen LogP contribution >= 0.6 is 0 Å². The summed E-state index contributed by atoms with van der Waals surface area (Å²) in [7, 11) is -4.10. The van der Waals surface area contributed by atoms with Crippen molar-refractivity contribution in [1.82, 2.24) is 0 Å². The number of nitrogens with zero attached hydrogens (tertiary/aromatic N) is 1. The molecule has 28 heavy (non-hydrogen) atoms. The van der Waals surface area contributed by atoms with E-state index in [4.69, 9.17) is 4.18 Å². The topological polar surface area (TPSA) is 80.8 Å². The lowest BCUT2D eigenvalue weighted by Gasteiger charge is -2.16. The number of amides is 1. The zero-order chi connectivity index (χ0) is 20.1. The Morgan fingerprint density at radius 3 is 2.43 bits per heavy atom. The average Bonchev–Trinajstić information content (AvgIpc) is 3.21. The van der Waals surface area contributed by atoms with E-state index >= 15 is 0 Å². The maximum absolute atomic E-state index is 12.8. The number of Topliss-reactive ketones (excluding diaryl/α,β-unsaturated/α-hetero) is 1. The minimum atomic E-state index is -4.10. The molecule has 6 nitrogen and oxygen atoms in total. The lowest BCUT2D eigenvalue weighted by molar-refractivity contribution is -0.117. The maximum Gasteiger partial charge on any atom is 0.339 e. The van der Waals surface area contributed by atoms with Gasteiger partial charge in [-0.25, -0.2) is 0 Å². The predicted molar refractivity (Wildman–Crippen MR) is 104 cm³/mol. The number of aryl methyl sites for hydroxylation is 1. The van der Waals surface area contributed by atoms with Crippen molar-refractivity contribution in [2.45, 2.75) is 43.9 Å². The Labute approximate surface area is 164 Å². The third kappa shape index (κ3) is 3.09. The molecule has 0 N–H and O–H groups in total. The van der Waals surface area contributed by atoms with Crippen molar-refractivity contribution < 1.29 is 22.2 Å². The van der Waals surface area contributed by atoms with E-state index in [-0.39, 0.29) is 28.3 Å². The van der Waals surface area contributed by atoms with E-state index in [1.165, 1.54) is 12.1 Å². The molecule has 1 fully saturated rings. The molecule has 0 saturated carbocycles. The van der Waals surface area contributed by atoms with Crippen LogP contribution in [0.2, 0.25) is 0 Å². The highest BCUT2D eigenvalue weighted by Gasteiger charge is 2.33. The number of ketones is 1. The number of rotatable bonds is 4. The van der Waals surface area contributed by atoms with Crippen LogP contribution in [0, 0.1) is 6.92 Å². The van der Waals surface area contributed by atoms with Gasteiger partial charge in [-0.15, -0.1) is 0 Å². The molecule has 1 amide bonds. The Morgan fingerprint density at radius 2 is 1.79 bits per heavy atom. The molecule has 4 rings (SSSR count). The molecule has 1 aliphatic heterocycles. The maximum atomic E-state index is 12.8. The number of hydrogen-bond acceptors (Lipinski definition) is 5. The first kappa shape index (κ1) is 18.7. The van der Waals surface area contributed by atoms with E-state index in [1.807, 2.05) is 13.8 Å². The van der Waals surface area contributed by atoms with Gasteiger partial charge in [0.1, 0.15) is 4.90 Å². The highest BCUT2D eigenvalue weighted by molar-refractivity contribution is 7.87. The molecule has 0 bridgehead atoms. The smallest absolute Gasteiger partial charge is 0.339 e. The zero-order valence-corrected chi connectivity index (χ0v) is 16.6. The van der Waals surface area contributed by atoms with E-state index in [2.05, 4.69) is 0 Å². The van der Waals surface area contributed by atoms with Crippen molar-refractivity contribution in [2.75, 3.05) is 11.4 Å². The minimum Gasteiger partial charge on any atom is -0.378 e. The molecule has 2 aromatic rings. The van der Waals surface area contributed by atoms with Gasteiger partial charge in [-0.2, -0.15) is 8.42 Å². The van der Waals surface area contributed by atoms with Crippen LogP contribution in [0.15, 0.2) is 41.3 Å². The Balaban J connectivity index is 1.64. The highest BCUT2D eigenvalue weighted by atomic mass is 32.2. The molecule has 1 heterocycles. The van der Waals surface area contributed by atoms with Crippen molar-refractivity contribution in [2.24, 2.45) is 0 Å².